The molecule has 182 valence electrons. The van der Waals surface area contributed by atoms with Crippen molar-refractivity contribution >= 4 is 11.6 Å². The molecular formula is C21H18F6N4O3. The van der Waals surface area contributed by atoms with Crippen LogP contribution in [0.2, 0.25) is 0 Å². The van der Waals surface area contributed by atoms with Crippen LogP contribution in [0.15, 0.2) is 35.1 Å². The molecule has 34 heavy (non-hydrogen) atoms. The fourth-order valence-corrected chi connectivity index (χ4v) is 3.03. The summed E-state index contributed by atoms with van der Waals surface area (Å²) in [5, 5.41) is 5.82. The molecule has 0 bridgehead atoms. The van der Waals surface area contributed by atoms with Gasteiger partial charge in [0.15, 0.2) is 6.10 Å². The Labute approximate surface area is 188 Å². The number of carbonyl (C=O) groups is 1. The third-order valence-corrected chi connectivity index (χ3v) is 4.82. The lowest BCUT2D eigenvalue weighted by atomic mass is 10.1. The van der Waals surface area contributed by atoms with Crippen LogP contribution in [0, 0.1) is 17.5 Å². The van der Waals surface area contributed by atoms with Crippen LogP contribution < -0.4 is 15.7 Å². The van der Waals surface area contributed by atoms with Crippen LogP contribution in [-0.4, -0.2) is 39.5 Å². The molecule has 0 saturated heterocycles. The maximum Gasteiger partial charge on any atom is 0.350 e. The summed E-state index contributed by atoms with van der Waals surface area (Å²) in [5.41, 5.74) is -3.02. The first kappa shape index (κ1) is 24.9. The van der Waals surface area contributed by atoms with Crippen molar-refractivity contribution in [2.75, 3.05) is 12.0 Å². The van der Waals surface area contributed by atoms with Gasteiger partial charge in [-0.2, -0.15) is 4.68 Å². The Morgan fingerprint density at radius 1 is 1.15 bits per heavy atom. The van der Waals surface area contributed by atoms with Crippen LogP contribution >= 0.6 is 0 Å². The van der Waals surface area contributed by atoms with Crippen LogP contribution in [0.4, 0.5) is 32.0 Å². The lowest BCUT2D eigenvalue weighted by Crippen LogP contribution is -2.29. The summed E-state index contributed by atoms with van der Waals surface area (Å²) < 4.78 is 88.8. The van der Waals surface area contributed by atoms with Crippen LogP contribution in [0.5, 0.6) is 5.75 Å². The molecule has 7 nitrogen and oxygen atoms in total. The second-order valence-corrected chi connectivity index (χ2v) is 7.02. The van der Waals surface area contributed by atoms with Gasteiger partial charge in [-0.1, -0.05) is 13.0 Å². The number of carbonyl (C=O) groups excluding carboxylic acids is 1. The van der Waals surface area contributed by atoms with Crippen molar-refractivity contribution in [2.45, 2.75) is 25.9 Å². The Balaban J connectivity index is 2.14. The number of rotatable bonds is 8. The van der Waals surface area contributed by atoms with E-state index in [-0.39, 0.29) is 5.82 Å². The number of hydrogen-bond donors (Lipinski definition) is 1. The highest BCUT2D eigenvalue weighted by Crippen LogP contribution is 2.29. The predicted octanol–water partition coefficient (Wildman–Crippen LogP) is 3.79. The summed E-state index contributed by atoms with van der Waals surface area (Å²) in [6.07, 6.45) is -5.38. The SMILES string of the molecule is CCc1nn(-c2cc(O[C@@H](CF)C(F)F)c(C(=O)Nc3c(F)cccc3F)cc2F)c(=O)n1C. The van der Waals surface area contributed by atoms with Gasteiger partial charge in [-0.3, -0.25) is 9.36 Å². The molecule has 1 aromatic heterocycles. The number of hydrogen-bond acceptors (Lipinski definition) is 4. The summed E-state index contributed by atoms with van der Waals surface area (Å²) in [6.45, 7) is 0.0116. The molecule has 0 aliphatic rings. The van der Waals surface area contributed by atoms with Gasteiger partial charge in [0.1, 0.15) is 47.1 Å². The van der Waals surface area contributed by atoms with Crippen molar-refractivity contribution < 1.29 is 35.9 Å². The largest absolute Gasteiger partial charge is 0.481 e. The number of anilines is 1. The average molecular weight is 488 g/mol. The lowest BCUT2D eigenvalue weighted by Gasteiger charge is -2.19. The number of halogens is 6. The number of ether oxygens (including phenoxy) is 1. The summed E-state index contributed by atoms with van der Waals surface area (Å²) in [6, 6.07) is 3.93. The number of alkyl halides is 3. The molecule has 3 rings (SSSR count). The number of aryl methyl sites for hydroxylation is 1. The number of para-hydroxylation sites is 1. The fraction of sp³-hybridized carbons (Fsp3) is 0.286. The Morgan fingerprint density at radius 3 is 2.32 bits per heavy atom. The van der Waals surface area contributed by atoms with E-state index in [0.29, 0.717) is 23.2 Å². The summed E-state index contributed by atoms with van der Waals surface area (Å²) in [5.74, 6) is -5.35. The Morgan fingerprint density at radius 2 is 1.79 bits per heavy atom. The Kier molecular flexibility index (Phi) is 7.32. The zero-order chi connectivity index (χ0) is 25.2. The molecule has 1 heterocycles. The van der Waals surface area contributed by atoms with Crippen molar-refractivity contribution in [3.8, 4) is 11.4 Å². The van der Waals surface area contributed by atoms with E-state index in [4.69, 9.17) is 4.74 Å². The molecule has 3 aromatic rings. The van der Waals surface area contributed by atoms with Gasteiger partial charge >= 0.3 is 5.69 Å². The molecule has 1 amide bonds. The van der Waals surface area contributed by atoms with Gasteiger partial charge in [0.05, 0.1) is 5.56 Å². The monoisotopic (exact) mass is 488 g/mol. The van der Waals surface area contributed by atoms with Crippen molar-refractivity contribution in [2.24, 2.45) is 7.05 Å². The fourth-order valence-electron chi connectivity index (χ4n) is 3.03. The first-order valence-corrected chi connectivity index (χ1v) is 9.83. The van der Waals surface area contributed by atoms with Gasteiger partial charge in [-0.05, 0) is 18.2 Å². The smallest absolute Gasteiger partial charge is 0.350 e. The van der Waals surface area contributed by atoms with Gasteiger partial charge in [-0.25, -0.2) is 31.1 Å². The highest BCUT2D eigenvalue weighted by atomic mass is 19.3. The normalized spacial score (nSPS) is 12.1. The second-order valence-electron chi connectivity index (χ2n) is 7.02. The molecule has 0 aliphatic carbocycles. The predicted molar refractivity (Wildman–Crippen MR) is 109 cm³/mol. The van der Waals surface area contributed by atoms with Crippen LogP contribution in [0.1, 0.15) is 23.1 Å². The van der Waals surface area contributed by atoms with Crippen molar-refractivity contribution in [1.29, 1.82) is 0 Å². The van der Waals surface area contributed by atoms with Gasteiger partial charge in [-0.15, -0.1) is 5.10 Å². The second kappa shape index (κ2) is 10.0. The molecule has 0 fully saturated rings. The lowest BCUT2D eigenvalue weighted by molar-refractivity contribution is -0.00158. The first-order valence-electron chi connectivity index (χ1n) is 9.83. The molecule has 1 N–H and O–H groups in total. The number of benzene rings is 2. The van der Waals surface area contributed by atoms with E-state index in [1.807, 2.05) is 5.32 Å². The topological polar surface area (TPSA) is 78.2 Å². The number of aromatic nitrogens is 3. The Bertz CT molecular complexity index is 1250. The van der Waals surface area contributed by atoms with Crippen molar-refractivity contribution in [3.63, 3.8) is 0 Å². The van der Waals surface area contributed by atoms with E-state index in [1.54, 1.807) is 6.92 Å². The maximum atomic E-state index is 15.0. The summed E-state index contributed by atoms with van der Waals surface area (Å²) in [4.78, 5) is 25.1. The number of nitrogens with one attached hydrogen (secondary N) is 1. The molecule has 0 radical (unpaired) electrons. The zero-order valence-electron chi connectivity index (χ0n) is 17.8. The van der Waals surface area contributed by atoms with Gasteiger partial charge < -0.3 is 10.1 Å². The molecule has 13 heteroatoms. The van der Waals surface area contributed by atoms with E-state index < -0.39 is 70.9 Å². The maximum absolute atomic E-state index is 15.0. The molecule has 0 saturated carbocycles. The van der Waals surface area contributed by atoms with E-state index in [9.17, 15) is 35.9 Å². The minimum Gasteiger partial charge on any atom is -0.481 e. The molecule has 1 atom stereocenters. The number of amides is 1. The third-order valence-electron chi connectivity index (χ3n) is 4.82. The number of nitrogens with zero attached hydrogens (tertiary/aromatic N) is 3. The first-order chi connectivity index (χ1) is 16.1. The van der Waals surface area contributed by atoms with E-state index >= 15 is 0 Å². The van der Waals surface area contributed by atoms with E-state index in [2.05, 4.69) is 5.10 Å². The highest BCUT2D eigenvalue weighted by molar-refractivity contribution is 6.06. The quantitative estimate of drug-likeness (QED) is 0.490. The van der Waals surface area contributed by atoms with Crippen molar-refractivity contribution in [1.82, 2.24) is 14.3 Å². The Hall–Kier alpha value is -3.77. The molecule has 0 aliphatic heterocycles. The van der Waals surface area contributed by atoms with Gasteiger partial charge in [0.2, 0.25) is 0 Å². The minimum atomic E-state index is -3.33. The van der Waals surface area contributed by atoms with Crippen LogP contribution in [0.3, 0.4) is 0 Å². The zero-order valence-corrected chi connectivity index (χ0v) is 17.8. The van der Waals surface area contributed by atoms with Crippen LogP contribution in [0.25, 0.3) is 5.69 Å². The molecular weight excluding hydrogens is 470 g/mol. The molecule has 2 aromatic carbocycles. The molecule has 0 unspecified atom stereocenters. The minimum absolute atomic E-state index is 0.262. The summed E-state index contributed by atoms with van der Waals surface area (Å²) in [7, 11) is 1.38. The average Bonchev–Trinajstić information content (AvgIpc) is 3.08. The highest BCUT2D eigenvalue weighted by Gasteiger charge is 2.28. The summed E-state index contributed by atoms with van der Waals surface area (Å²) >= 11 is 0. The van der Waals surface area contributed by atoms with Crippen molar-refractivity contribution in [3.05, 3.63) is 69.7 Å². The van der Waals surface area contributed by atoms with Crippen LogP contribution in [-0.2, 0) is 13.5 Å². The van der Waals surface area contributed by atoms with Gasteiger partial charge in [0, 0.05) is 19.5 Å². The van der Waals surface area contributed by atoms with E-state index in [1.165, 1.54) is 7.05 Å². The molecule has 0 spiro atoms. The standard InChI is InChI=1S/C21H18F6N4O3/c1-3-17-29-31(21(33)30(17)2)14-8-15(34-16(9-22)19(26)27)10(7-13(14)25)20(32)28-18-11(23)5-4-6-12(18)24/h4-8,16,19H,3,9H2,1-2H3,(H,28,32)/t16-/m0/s1. The van der Waals surface area contributed by atoms with E-state index in [0.717, 1.165) is 22.8 Å². The van der Waals surface area contributed by atoms with Gasteiger partial charge in [0.25, 0.3) is 12.3 Å². The third kappa shape index (κ3) is 4.77.